The summed E-state index contributed by atoms with van der Waals surface area (Å²) >= 11 is 2.15. The quantitative estimate of drug-likeness (QED) is 0.409. The van der Waals surface area contributed by atoms with Crippen molar-refractivity contribution < 1.29 is 27.4 Å². The van der Waals surface area contributed by atoms with Crippen LogP contribution in [0, 0.1) is 3.57 Å². The summed E-state index contributed by atoms with van der Waals surface area (Å²) in [4.78, 5) is 12.4. The molecular formula is C19H18F3IO3. The number of carbonyl (C=O) groups excluding carboxylic acids is 1. The first-order valence-electron chi connectivity index (χ1n) is 7.77. The van der Waals surface area contributed by atoms with Gasteiger partial charge in [-0.15, -0.1) is 0 Å². The molecule has 0 aliphatic carbocycles. The maximum Gasteiger partial charge on any atom is 0.416 e. The second kappa shape index (κ2) is 7.85. The summed E-state index contributed by atoms with van der Waals surface area (Å²) in [5.41, 5.74) is -1.55. The number of esters is 1. The molecule has 0 fully saturated rings. The summed E-state index contributed by atoms with van der Waals surface area (Å²) in [6.45, 7) is 4.91. The summed E-state index contributed by atoms with van der Waals surface area (Å²) in [5, 5.41) is 0. The van der Waals surface area contributed by atoms with Crippen LogP contribution in [0.5, 0.6) is 5.75 Å². The highest BCUT2D eigenvalue weighted by atomic mass is 127. The Labute approximate surface area is 163 Å². The fraction of sp³-hybridized carbons (Fsp3) is 0.316. The third-order valence-electron chi connectivity index (χ3n) is 3.26. The molecule has 3 nitrogen and oxygen atoms in total. The van der Waals surface area contributed by atoms with E-state index in [2.05, 4.69) is 22.6 Å². The van der Waals surface area contributed by atoms with E-state index < -0.39 is 23.3 Å². The largest absolute Gasteiger partial charge is 0.489 e. The first kappa shape index (κ1) is 20.5. The third kappa shape index (κ3) is 5.89. The zero-order valence-electron chi connectivity index (χ0n) is 14.5. The van der Waals surface area contributed by atoms with E-state index in [9.17, 15) is 18.0 Å². The molecule has 0 saturated heterocycles. The lowest BCUT2D eigenvalue weighted by Crippen LogP contribution is -2.25. The van der Waals surface area contributed by atoms with Gasteiger partial charge < -0.3 is 9.47 Å². The standard InChI is InChI=1S/C19H18F3IO3/c1-18(2,3)26-17(24)16-10-13(19(20,21)22)5-4-12(16)11-25-15-8-6-14(23)7-9-15/h4-10H,11H2,1-3H3. The van der Waals surface area contributed by atoms with Crippen LogP contribution in [-0.2, 0) is 17.5 Å². The van der Waals surface area contributed by atoms with E-state index in [0.717, 1.165) is 15.7 Å². The van der Waals surface area contributed by atoms with Gasteiger partial charge in [0.1, 0.15) is 18.0 Å². The maximum absolute atomic E-state index is 13.0. The van der Waals surface area contributed by atoms with Crippen molar-refractivity contribution in [2.45, 2.75) is 39.2 Å². The van der Waals surface area contributed by atoms with Crippen LogP contribution in [0.4, 0.5) is 13.2 Å². The van der Waals surface area contributed by atoms with Gasteiger partial charge in [0.05, 0.1) is 11.1 Å². The van der Waals surface area contributed by atoms with Crippen LogP contribution in [-0.4, -0.2) is 11.6 Å². The van der Waals surface area contributed by atoms with Crippen LogP contribution in [0.25, 0.3) is 0 Å². The molecule has 0 spiro atoms. The zero-order valence-corrected chi connectivity index (χ0v) is 16.6. The second-order valence-electron chi connectivity index (χ2n) is 6.61. The van der Waals surface area contributed by atoms with E-state index >= 15 is 0 Å². The molecular weight excluding hydrogens is 460 g/mol. The molecule has 2 rings (SSSR count). The number of alkyl halides is 3. The summed E-state index contributed by atoms with van der Waals surface area (Å²) in [5.74, 6) is -0.259. The Balaban J connectivity index is 2.31. The topological polar surface area (TPSA) is 35.5 Å². The lowest BCUT2D eigenvalue weighted by atomic mass is 10.0. The van der Waals surface area contributed by atoms with Crippen LogP contribution < -0.4 is 4.74 Å². The van der Waals surface area contributed by atoms with Crippen LogP contribution in [0.2, 0.25) is 0 Å². The van der Waals surface area contributed by atoms with Crippen LogP contribution in [0.1, 0.15) is 42.3 Å². The van der Waals surface area contributed by atoms with Gasteiger partial charge in [-0.1, -0.05) is 6.07 Å². The highest BCUT2D eigenvalue weighted by molar-refractivity contribution is 14.1. The van der Waals surface area contributed by atoms with Gasteiger partial charge in [0, 0.05) is 9.13 Å². The average molecular weight is 478 g/mol. The van der Waals surface area contributed by atoms with E-state index in [1.807, 2.05) is 12.1 Å². The fourth-order valence-electron chi connectivity index (χ4n) is 2.09. The van der Waals surface area contributed by atoms with Crippen molar-refractivity contribution in [2.24, 2.45) is 0 Å². The van der Waals surface area contributed by atoms with Crippen molar-refractivity contribution in [1.29, 1.82) is 0 Å². The maximum atomic E-state index is 13.0. The Morgan fingerprint density at radius 2 is 1.65 bits per heavy atom. The van der Waals surface area contributed by atoms with Gasteiger partial charge in [-0.25, -0.2) is 4.79 Å². The highest BCUT2D eigenvalue weighted by Crippen LogP contribution is 2.31. The first-order chi connectivity index (χ1) is 12.0. The number of carbonyl (C=O) groups is 1. The van der Waals surface area contributed by atoms with Gasteiger partial charge in [0.2, 0.25) is 0 Å². The van der Waals surface area contributed by atoms with Crippen molar-refractivity contribution in [2.75, 3.05) is 0 Å². The Hall–Kier alpha value is -1.77. The van der Waals surface area contributed by atoms with E-state index in [-0.39, 0.29) is 12.2 Å². The average Bonchev–Trinajstić information content (AvgIpc) is 2.51. The van der Waals surface area contributed by atoms with Crippen molar-refractivity contribution in [3.63, 3.8) is 0 Å². The van der Waals surface area contributed by atoms with Crippen LogP contribution in [0.15, 0.2) is 42.5 Å². The number of benzene rings is 2. The van der Waals surface area contributed by atoms with E-state index in [0.29, 0.717) is 11.3 Å². The van der Waals surface area contributed by atoms with Crippen molar-refractivity contribution >= 4 is 28.6 Å². The van der Waals surface area contributed by atoms with Gasteiger partial charge in [0.25, 0.3) is 0 Å². The molecule has 0 heterocycles. The summed E-state index contributed by atoms with van der Waals surface area (Å²) < 4.78 is 50.9. The summed E-state index contributed by atoms with van der Waals surface area (Å²) in [6.07, 6.45) is -4.55. The number of ether oxygens (including phenoxy) is 2. The molecule has 2 aromatic carbocycles. The Kier molecular flexibility index (Phi) is 6.21. The molecule has 0 aliphatic rings. The Bertz CT molecular complexity index is 778. The Morgan fingerprint density at radius 1 is 1.04 bits per heavy atom. The highest BCUT2D eigenvalue weighted by Gasteiger charge is 2.32. The number of rotatable bonds is 4. The predicted molar refractivity (Wildman–Crippen MR) is 100 cm³/mol. The van der Waals surface area contributed by atoms with Gasteiger partial charge in [-0.3, -0.25) is 0 Å². The Morgan fingerprint density at radius 3 is 2.19 bits per heavy atom. The molecule has 140 valence electrons. The minimum atomic E-state index is -4.55. The number of hydrogen-bond acceptors (Lipinski definition) is 3. The molecule has 0 atom stereocenters. The fourth-order valence-corrected chi connectivity index (χ4v) is 2.45. The molecule has 0 amide bonds. The minimum absolute atomic E-state index is 0.0483. The smallest absolute Gasteiger partial charge is 0.416 e. The molecule has 0 bridgehead atoms. The van der Waals surface area contributed by atoms with Gasteiger partial charge >= 0.3 is 12.1 Å². The third-order valence-corrected chi connectivity index (χ3v) is 3.98. The van der Waals surface area contributed by atoms with E-state index in [1.165, 1.54) is 6.07 Å². The zero-order chi connectivity index (χ0) is 19.5. The van der Waals surface area contributed by atoms with Crippen molar-refractivity contribution in [3.05, 3.63) is 62.7 Å². The molecule has 0 unspecified atom stereocenters. The molecule has 0 aromatic heterocycles. The molecule has 0 aliphatic heterocycles. The monoisotopic (exact) mass is 478 g/mol. The predicted octanol–water partition coefficient (Wildman–Crippen LogP) is 5.84. The van der Waals surface area contributed by atoms with Crippen LogP contribution in [0.3, 0.4) is 0 Å². The summed E-state index contributed by atoms with van der Waals surface area (Å²) in [7, 11) is 0. The lowest BCUT2D eigenvalue weighted by Gasteiger charge is -2.21. The molecule has 0 N–H and O–H groups in total. The SMILES string of the molecule is CC(C)(C)OC(=O)c1cc(C(F)(F)F)ccc1COc1ccc(I)cc1. The number of halogens is 4. The van der Waals surface area contributed by atoms with Gasteiger partial charge in [-0.2, -0.15) is 13.2 Å². The minimum Gasteiger partial charge on any atom is -0.489 e. The molecule has 0 saturated carbocycles. The molecule has 26 heavy (non-hydrogen) atoms. The molecule has 7 heteroatoms. The van der Waals surface area contributed by atoms with E-state index in [4.69, 9.17) is 9.47 Å². The van der Waals surface area contributed by atoms with Gasteiger partial charge in [-0.05, 0) is 79.8 Å². The second-order valence-corrected chi connectivity index (χ2v) is 7.86. The normalized spacial score (nSPS) is 12.0. The number of hydrogen-bond donors (Lipinski definition) is 0. The summed E-state index contributed by atoms with van der Waals surface area (Å²) in [6, 6.07) is 10.2. The van der Waals surface area contributed by atoms with Crippen LogP contribution >= 0.6 is 22.6 Å². The first-order valence-corrected chi connectivity index (χ1v) is 8.85. The van der Waals surface area contributed by atoms with Gasteiger partial charge in [0.15, 0.2) is 0 Å². The van der Waals surface area contributed by atoms with E-state index in [1.54, 1.807) is 32.9 Å². The lowest BCUT2D eigenvalue weighted by molar-refractivity contribution is -0.137. The molecule has 0 radical (unpaired) electrons. The molecule has 2 aromatic rings. The van der Waals surface area contributed by atoms with Crippen molar-refractivity contribution in [1.82, 2.24) is 0 Å². The van der Waals surface area contributed by atoms with Crippen molar-refractivity contribution in [3.8, 4) is 5.75 Å².